The molecule has 0 saturated heterocycles. The summed E-state index contributed by atoms with van der Waals surface area (Å²) in [5, 5.41) is 5.07. The predicted octanol–water partition coefficient (Wildman–Crippen LogP) is 2.81. The third-order valence-electron chi connectivity index (χ3n) is 2.77. The zero-order chi connectivity index (χ0) is 12.8. The minimum Gasteiger partial charge on any atom is -0.361 e. The van der Waals surface area contributed by atoms with Crippen molar-refractivity contribution in [2.45, 2.75) is 26.2 Å². The first-order valence-electron chi connectivity index (χ1n) is 6.19. The normalized spacial score (nSPS) is 11.2. The average molecular weight is 243 g/mol. The van der Waals surface area contributed by atoms with Crippen LogP contribution in [0.25, 0.3) is 10.9 Å². The number of H-pyrrole nitrogens is 1. The van der Waals surface area contributed by atoms with Gasteiger partial charge in [0.05, 0.1) is 6.21 Å². The molecular weight excluding hydrogens is 226 g/mol. The van der Waals surface area contributed by atoms with Crippen molar-refractivity contribution >= 4 is 23.0 Å². The van der Waals surface area contributed by atoms with E-state index in [0.29, 0.717) is 6.42 Å². The fraction of sp³-hybridized carbons (Fsp3) is 0.286. The summed E-state index contributed by atoms with van der Waals surface area (Å²) in [5.41, 5.74) is 4.58. The minimum absolute atomic E-state index is 0.0343. The fourth-order valence-electron chi connectivity index (χ4n) is 1.77. The number of nitrogens with zero attached hydrogens (tertiary/aromatic N) is 1. The molecule has 0 atom stereocenters. The maximum atomic E-state index is 11.4. The number of aromatic amines is 1. The van der Waals surface area contributed by atoms with Crippen molar-refractivity contribution in [2.75, 3.05) is 0 Å². The summed E-state index contributed by atoms with van der Waals surface area (Å²) in [7, 11) is 0. The van der Waals surface area contributed by atoms with Crippen molar-refractivity contribution in [3.63, 3.8) is 0 Å². The molecule has 2 rings (SSSR count). The van der Waals surface area contributed by atoms with E-state index in [-0.39, 0.29) is 5.91 Å². The van der Waals surface area contributed by atoms with Crippen LogP contribution >= 0.6 is 0 Å². The SMILES string of the molecule is CCCCC(=O)N/N=C/c1c[nH]c2ccccc12. The van der Waals surface area contributed by atoms with Crippen LogP contribution in [-0.4, -0.2) is 17.1 Å². The molecule has 0 unspecified atom stereocenters. The summed E-state index contributed by atoms with van der Waals surface area (Å²) in [6.45, 7) is 2.06. The Morgan fingerprint density at radius 3 is 3.11 bits per heavy atom. The summed E-state index contributed by atoms with van der Waals surface area (Å²) in [6, 6.07) is 7.98. The highest BCUT2D eigenvalue weighted by Gasteiger charge is 2.00. The van der Waals surface area contributed by atoms with Crippen molar-refractivity contribution in [1.29, 1.82) is 0 Å². The number of aromatic nitrogens is 1. The number of carbonyl (C=O) groups is 1. The van der Waals surface area contributed by atoms with Gasteiger partial charge < -0.3 is 4.98 Å². The lowest BCUT2D eigenvalue weighted by atomic mass is 10.2. The fourth-order valence-corrected chi connectivity index (χ4v) is 1.77. The Bertz CT molecular complexity index is 557. The van der Waals surface area contributed by atoms with E-state index in [9.17, 15) is 4.79 Å². The lowest BCUT2D eigenvalue weighted by molar-refractivity contribution is -0.121. The van der Waals surface area contributed by atoms with E-state index in [0.717, 1.165) is 29.3 Å². The Balaban J connectivity index is 1.99. The van der Waals surface area contributed by atoms with Gasteiger partial charge in [-0.15, -0.1) is 0 Å². The highest BCUT2D eigenvalue weighted by Crippen LogP contribution is 2.15. The van der Waals surface area contributed by atoms with Gasteiger partial charge in [-0.25, -0.2) is 5.43 Å². The molecule has 2 N–H and O–H groups in total. The molecule has 0 bridgehead atoms. The molecule has 18 heavy (non-hydrogen) atoms. The van der Waals surface area contributed by atoms with Crippen LogP contribution in [0.15, 0.2) is 35.6 Å². The summed E-state index contributed by atoms with van der Waals surface area (Å²) in [6.07, 6.45) is 5.99. The van der Waals surface area contributed by atoms with Crippen LogP contribution < -0.4 is 5.43 Å². The number of hydrogen-bond acceptors (Lipinski definition) is 2. The van der Waals surface area contributed by atoms with Gasteiger partial charge in [0.15, 0.2) is 0 Å². The first kappa shape index (κ1) is 12.4. The highest BCUT2D eigenvalue weighted by molar-refractivity contribution is 5.99. The molecule has 0 radical (unpaired) electrons. The summed E-state index contributed by atoms with van der Waals surface area (Å²) in [5.74, 6) is -0.0343. The molecular formula is C14H17N3O. The second-order valence-electron chi connectivity index (χ2n) is 4.19. The molecule has 0 aliphatic heterocycles. The second-order valence-corrected chi connectivity index (χ2v) is 4.19. The third kappa shape index (κ3) is 2.97. The first-order valence-corrected chi connectivity index (χ1v) is 6.19. The summed E-state index contributed by atoms with van der Waals surface area (Å²) >= 11 is 0. The van der Waals surface area contributed by atoms with Crippen LogP contribution in [0, 0.1) is 0 Å². The van der Waals surface area contributed by atoms with Crippen LogP contribution in [-0.2, 0) is 4.79 Å². The van der Waals surface area contributed by atoms with Gasteiger partial charge in [-0.05, 0) is 12.5 Å². The summed E-state index contributed by atoms with van der Waals surface area (Å²) < 4.78 is 0. The Morgan fingerprint density at radius 1 is 1.44 bits per heavy atom. The molecule has 1 aromatic carbocycles. The molecule has 0 aliphatic carbocycles. The maximum Gasteiger partial charge on any atom is 0.240 e. The smallest absolute Gasteiger partial charge is 0.240 e. The summed E-state index contributed by atoms with van der Waals surface area (Å²) in [4.78, 5) is 14.5. The standard InChI is InChI=1S/C14H17N3O/c1-2-3-8-14(18)17-16-10-11-9-15-13-7-5-4-6-12(11)13/h4-7,9-10,15H,2-3,8H2,1H3,(H,17,18)/b16-10+. The number of unbranched alkanes of at least 4 members (excludes halogenated alkanes) is 1. The number of benzene rings is 1. The topological polar surface area (TPSA) is 57.2 Å². The van der Waals surface area contributed by atoms with E-state index in [2.05, 4.69) is 22.4 Å². The van der Waals surface area contributed by atoms with Gasteiger partial charge in [-0.3, -0.25) is 4.79 Å². The van der Waals surface area contributed by atoms with E-state index < -0.39 is 0 Å². The number of nitrogens with one attached hydrogen (secondary N) is 2. The van der Waals surface area contributed by atoms with Gasteiger partial charge >= 0.3 is 0 Å². The van der Waals surface area contributed by atoms with Gasteiger partial charge in [-0.1, -0.05) is 31.5 Å². The number of carbonyl (C=O) groups excluding carboxylic acids is 1. The number of hydrogen-bond donors (Lipinski definition) is 2. The lowest BCUT2D eigenvalue weighted by Crippen LogP contribution is -2.16. The van der Waals surface area contributed by atoms with E-state index in [1.807, 2.05) is 30.5 Å². The Labute approximate surface area is 106 Å². The second kappa shape index (κ2) is 6.00. The van der Waals surface area contributed by atoms with E-state index >= 15 is 0 Å². The zero-order valence-electron chi connectivity index (χ0n) is 10.4. The first-order chi connectivity index (χ1) is 8.81. The van der Waals surface area contributed by atoms with Gasteiger partial charge in [-0.2, -0.15) is 5.10 Å². The molecule has 1 heterocycles. The molecule has 1 amide bonds. The number of fused-ring (bicyclic) bond motifs is 1. The lowest BCUT2D eigenvalue weighted by Gasteiger charge is -1.97. The van der Waals surface area contributed by atoms with E-state index in [4.69, 9.17) is 0 Å². The van der Waals surface area contributed by atoms with Gasteiger partial charge in [0.1, 0.15) is 0 Å². The van der Waals surface area contributed by atoms with Crippen molar-refractivity contribution in [3.05, 3.63) is 36.0 Å². The van der Waals surface area contributed by atoms with Crippen LogP contribution in [0.2, 0.25) is 0 Å². The monoisotopic (exact) mass is 243 g/mol. The number of rotatable bonds is 5. The molecule has 0 fully saturated rings. The Hall–Kier alpha value is -2.10. The number of para-hydroxylation sites is 1. The van der Waals surface area contributed by atoms with Crippen LogP contribution in [0.1, 0.15) is 31.7 Å². The van der Waals surface area contributed by atoms with Gasteiger partial charge in [0.2, 0.25) is 5.91 Å². The quantitative estimate of drug-likeness (QED) is 0.615. The number of amides is 1. The van der Waals surface area contributed by atoms with Gasteiger partial charge in [0, 0.05) is 29.1 Å². The molecule has 0 aliphatic rings. The van der Waals surface area contributed by atoms with Gasteiger partial charge in [0.25, 0.3) is 0 Å². The molecule has 0 spiro atoms. The van der Waals surface area contributed by atoms with Crippen molar-refractivity contribution in [2.24, 2.45) is 5.10 Å². The van der Waals surface area contributed by atoms with Crippen molar-refractivity contribution in [1.82, 2.24) is 10.4 Å². The van der Waals surface area contributed by atoms with Crippen LogP contribution in [0.5, 0.6) is 0 Å². The predicted molar refractivity (Wildman–Crippen MR) is 73.6 cm³/mol. The Kier molecular flexibility index (Phi) is 4.12. The van der Waals surface area contributed by atoms with E-state index in [1.165, 1.54) is 0 Å². The number of hydrazone groups is 1. The highest BCUT2D eigenvalue weighted by atomic mass is 16.2. The van der Waals surface area contributed by atoms with Crippen molar-refractivity contribution in [3.8, 4) is 0 Å². The molecule has 0 saturated carbocycles. The molecule has 94 valence electrons. The molecule has 4 heteroatoms. The van der Waals surface area contributed by atoms with E-state index in [1.54, 1.807) is 6.21 Å². The molecule has 2 aromatic rings. The molecule has 4 nitrogen and oxygen atoms in total. The maximum absolute atomic E-state index is 11.4. The molecule has 1 aromatic heterocycles. The largest absolute Gasteiger partial charge is 0.361 e. The zero-order valence-corrected chi connectivity index (χ0v) is 10.4. The average Bonchev–Trinajstić information content (AvgIpc) is 2.80. The minimum atomic E-state index is -0.0343. The van der Waals surface area contributed by atoms with Crippen LogP contribution in [0.3, 0.4) is 0 Å². The Morgan fingerprint density at radius 2 is 2.28 bits per heavy atom. The van der Waals surface area contributed by atoms with Crippen molar-refractivity contribution < 1.29 is 4.79 Å². The third-order valence-corrected chi connectivity index (χ3v) is 2.77. The van der Waals surface area contributed by atoms with Crippen LogP contribution in [0.4, 0.5) is 0 Å².